The Morgan fingerprint density at radius 3 is 2.83 bits per heavy atom. The highest BCUT2D eigenvalue weighted by molar-refractivity contribution is 7.89. The Morgan fingerprint density at radius 1 is 1.46 bits per heavy atom. The smallest absolute Gasteiger partial charge is 0.243 e. The number of halogens is 1. The summed E-state index contributed by atoms with van der Waals surface area (Å²) in [6.45, 7) is 3.19. The molecule has 24 heavy (non-hydrogen) atoms. The van der Waals surface area contributed by atoms with Gasteiger partial charge in [-0.1, -0.05) is 18.5 Å². The van der Waals surface area contributed by atoms with Crippen molar-refractivity contribution in [2.75, 3.05) is 26.7 Å². The third-order valence-corrected chi connectivity index (χ3v) is 6.22. The molecular weight excluding hydrogens is 352 g/mol. The minimum absolute atomic E-state index is 0.0792. The number of ether oxygens (including phenoxy) is 1. The topological polar surface area (TPSA) is 75.7 Å². The third kappa shape index (κ3) is 4.20. The molecule has 0 aromatic heterocycles. The van der Waals surface area contributed by atoms with E-state index < -0.39 is 10.0 Å². The molecular formula is C16H23ClN2O4S. The Kier molecular flexibility index (Phi) is 6.48. The molecule has 0 unspecified atom stereocenters. The summed E-state index contributed by atoms with van der Waals surface area (Å²) < 4.78 is 32.0. The van der Waals surface area contributed by atoms with Gasteiger partial charge >= 0.3 is 0 Å². The number of amides is 1. The van der Waals surface area contributed by atoms with Crippen molar-refractivity contribution in [3.8, 4) is 5.75 Å². The number of benzene rings is 1. The van der Waals surface area contributed by atoms with Crippen LogP contribution in [0.1, 0.15) is 26.2 Å². The number of methoxy groups -OCH3 is 1. The molecule has 1 aromatic rings. The van der Waals surface area contributed by atoms with Gasteiger partial charge in [-0.3, -0.25) is 4.79 Å². The first kappa shape index (κ1) is 19.0. The number of hydrogen-bond acceptors (Lipinski definition) is 4. The number of sulfonamides is 1. The SMILES string of the molecule is CCCNC(=O)[C@@H]1CCCN(S(=O)(=O)c2ccc(OC)c(Cl)c2)C1. The number of piperidine rings is 1. The van der Waals surface area contributed by atoms with Gasteiger partial charge in [0.1, 0.15) is 5.75 Å². The fourth-order valence-corrected chi connectivity index (χ4v) is 4.60. The van der Waals surface area contributed by atoms with Gasteiger partial charge in [-0.05, 0) is 37.5 Å². The second-order valence-electron chi connectivity index (χ2n) is 5.79. The van der Waals surface area contributed by atoms with Gasteiger partial charge in [0.15, 0.2) is 0 Å². The number of carbonyl (C=O) groups excluding carboxylic acids is 1. The van der Waals surface area contributed by atoms with E-state index in [0.29, 0.717) is 31.7 Å². The Labute approximate surface area is 148 Å². The Balaban J connectivity index is 2.16. The molecule has 0 spiro atoms. The molecule has 6 nitrogen and oxygen atoms in total. The van der Waals surface area contributed by atoms with Crippen molar-refractivity contribution in [1.82, 2.24) is 9.62 Å². The molecule has 1 aliphatic rings. The highest BCUT2D eigenvalue weighted by Crippen LogP contribution is 2.30. The van der Waals surface area contributed by atoms with E-state index in [2.05, 4.69) is 5.32 Å². The van der Waals surface area contributed by atoms with Crippen LogP contribution in [0.3, 0.4) is 0 Å². The molecule has 1 aliphatic heterocycles. The summed E-state index contributed by atoms with van der Waals surface area (Å²) in [7, 11) is -2.21. The minimum Gasteiger partial charge on any atom is -0.495 e. The molecule has 1 N–H and O–H groups in total. The summed E-state index contributed by atoms with van der Waals surface area (Å²) in [5.74, 6) is 0.0318. The van der Waals surface area contributed by atoms with Gasteiger partial charge in [0, 0.05) is 19.6 Å². The van der Waals surface area contributed by atoms with Crippen LogP contribution >= 0.6 is 11.6 Å². The number of nitrogens with one attached hydrogen (secondary N) is 1. The lowest BCUT2D eigenvalue weighted by Gasteiger charge is -2.31. The molecule has 2 rings (SSSR count). The molecule has 1 amide bonds. The molecule has 0 radical (unpaired) electrons. The summed E-state index contributed by atoms with van der Waals surface area (Å²) >= 11 is 6.04. The van der Waals surface area contributed by atoms with Crippen LogP contribution in [0.5, 0.6) is 5.75 Å². The van der Waals surface area contributed by atoms with E-state index >= 15 is 0 Å². The van der Waals surface area contributed by atoms with Gasteiger partial charge in [0.2, 0.25) is 15.9 Å². The first-order valence-electron chi connectivity index (χ1n) is 8.01. The van der Waals surface area contributed by atoms with Gasteiger partial charge in [0.25, 0.3) is 0 Å². The molecule has 1 fully saturated rings. The predicted molar refractivity (Wildman–Crippen MR) is 92.8 cm³/mol. The molecule has 8 heteroatoms. The lowest BCUT2D eigenvalue weighted by atomic mass is 9.99. The second kappa shape index (κ2) is 8.18. The van der Waals surface area contributed by atoms with E-state index in [1.54, 1.807) is 0 Å². The molecule has 0 saturated carbocycles. The number of rotatable bonds is 6. The van der Waals surface area contributed by atoms with Crippen LogP contribution in [0.2, 0.25) is 5.02 Å². The van der Waals surface area contributed by atoms with Crippen LogP contribution in [0.15, 0.2) is 23.1 Å². The molecule has 0 bridgehead atoms. The largest absolute Gasteiger partial charge is 0.495 e. The van der Waals surface area contributed by atoms with Gasteiger partial charge in [0.05, 0.1) is 22.9 Å². The van der Waals surface area contributed by atoms with Crippen LogP contribution in [-0.2, 0) is 14.8 Å². The normalized spacial score (nSPS) is 19.0. The van der Waals surface area contributed by atoms with Crippen LogP contribution in [0.25, 0.3) is 0 Å². The monoisotopic (exact) mass is 374 g/mol. The highest BCUT2D eigenvalue weighted by atomic mass is 35.5. The van der Waals surface area contributed by atoms with E-state index in [1.165, 1.54) is 29.6 Å². The minimum atomic E-state index is -3.68. The predicted octanol–water partition coefficient (Wildman–Crippen LogP) is 2.28. The second-order valence-corrected chi connectivity index (χ2v) is 8.13. The number of hydrogen-bond donors (Lipinski definition) is 1. The average Bonchev–Trinajstić information content (AvgIpc) is 2.59. The van der Waals surface area contributed by atoms with E-state index in [0.717, 1.165) is 6.42 Å². The quantitative estimate of drug-likeness (QED) is 0.828. The first-order chi connectivity index (χ1) is 11.4. The fourth-order valence-electron chi connectivity index (χ4n) is 2.72. The molecule has 1 aromatic carbocycles. The van der Waals surface area contributed by atoms with Gasteiger partial charge < -0.3 is 10.1 Å². The summed E-state index contributed by atoms with van der Waals surface area (Å²) in [5, 5.41) is 3.08. The standard InChI is InChI=1S/C16H23ClN2O4S/c1-3-8-18-16(20)12-5-4-9-19(11-12)24(21,22)13-6-7-15(23-2)14(17)10-13/h6-7,10,12H,3-5,8-9,11H2,1-2H3,(H,18,20)/t12-/m1/s1. The summed E-state index contributed by atoms with van der Waals surface area (Å²) in [4.78, 5) is 12.2. The summed E-state index contributed by atoms with van der Waals surface area (Å²) in [5.41, 5.74) is 0. The zero-order valence-electron chi connectivity index (χ0n) is 13.9. The number of carbonyl (C=O) groups is 1. The van der Waals surface area contributed by atoms with Crippen LogP contribution < -0.4 is 10.1 Å². The zero-order valence-corrected chi connectivity index (χ0v) is 15.5. The van der Waals surface area contributed by atoms with Crippen molar-refractivity contribution in [2.45, 2.75) is 31.1 Å². The maximum Gasteiger partial charge on any atom is 0.243 e. The first-order valence-corrected chi connectivity index (χ1v) is 9.83. The Bertz CT molecular complexity index is 693. The van der Waals surface area contributed by atoms with Crippen LogP contribution in [0.4, 0.5) is 0 Å². The van der Waals surface area contributed by atoms with E-state index in [1.807, 2.05) is 6.92 Å². The fraction of sp³-hybridized carbons (Fsp3) is 0.562. The van der Waals surface area contributed by atoms with E-state index in [-0.39, 0.29) is 28.3 Å². The van der Waals surface area contributed by atoms with Crippen molar-refractivity contribution < 1.29 is 17.9 Å². The molecule has 1 saturated heterocycles. The maximum atomic E-state index is 12.8. The highest BCUT2D eigenvalue weighted by Gasteiger charge is 2.33. The van der Waals surface area contributed by atoms with Gasteiger partial charge in [-0.15, -0.1) is 0 Å². The van der Waals surface area contributed by atoms with E-state index in [4.69, 9.17) is 16.3 Å². The Morgan fingerprint density at radius 2 is 2.21 bits per heavy atom. The maximum absolute atomic E-state index is 12.8. The molecule has 134 valence electrons. The van der Waals surface area contributed by atoms with Crippen molar-refractivity contribution in [2.24, 2.45) is 5.92 Å². The lowest BCUT2D eigenvalue weighted by molar-refractivity contribution is -0.126. The van der Waals surface area contributed by atoms with Crippen molar-refractivity contribution >= 4 is 27.5 Å². The third-order valence-electron chi connectivity index (χ3n) is 4.07. The van der Waals surface area contributed by atoms with Gasteiger partial charge in [-0.2, -0.15) is 4.31 Å². The molecule has 0 aliphatic carbocycles. The molecule has 1 atom stereocenters. The van der Waals surface area contributed by atoms with E-state index in [9.17, 15) is 13.2 Å². The van der Waals surface area contributed by atoms with Crippen LogP contribution in [-0.4, -0.2) is 45.4 Å². The van der Waals surface area contributed by atoms with Crippen molar-refractivity contribution in [1.29, 1.82) is 0 Å². The molecule has 1 heterocycles. The van der Waals surface area contributed by atoms with Gasteiger partial charge in [-0.25, -0.2) is 8.42 Å². The summed E-state index contributed by atoms with van der Waals surface area (Å²) in [6, 6.07) is 4.39. The average molecular weight is 375 g/mol. The van der Waals surface area contributed by atoms with Crippen LogP contribution in [0, 0.1) is 5.92 Å². The lowest BCUT2D eigenvalue weighted by Crippen LogP contribution is -2.45. The zero-order chi connectivity index (χ0) is 17.7. The Hall–Kier alpha value is -1.31. The number of nitrogens with zero attached hydrogens (tertiary/aromatic N) is 1. The van der Waals surface area contributed by atoms with Crippen molar-refractivity contribution in [3.05, 3.63) is 23.2 Å². The van der Waals surface area contributed by atoms with Crippen molar-refractivity contribution in [3.63, 3.8) is 0 Å². The summed E-state index contributed by atoms with van der Waals surface area (Å²) in [6.07, 6.45) is 2.21.